The van der Waals surface area contributed by atoms with Gasteiger partial charge in [0.1, 0.15) is 0 Å². The number of carboxylic acid groups (broad SMARTS) is 1. The van der Waals surface area contributed by atoms with Crippen LogP contribution in [0, 0.1) is 17.8 Å². The Balaban J connectivity index is 1.66. The zero-order valence-corrected chi connectivity index (χ0v) is 11.7. The summed E-state index contributed by atoms with van der Waals surface area (Å²) in [4.78, 5) is 10.7. The number of carbonyl (C=O) groups is 1. The molecule has 0 aliphatic heterocycles. The van der Waals surface area contributed by atoms with E-state index in [9.17, 15) is 13.2 Å². The van der Waals surface area contributed by atoms with Gasteiger partial charge in [0, 0.05) is 6.54 Å². The van der Waals surface area contributed by atoms with E-state index in [-0.39, 0.29) is 10.9 Å². The first-order valence-electron chi connectivity index (χ1n) is 6.80. The molecule has 0 unspecified atom stereocenters. The third-order valence-electron chi connectivity index (χ3n) is 4.02. The molecular formula is C13H17NO5S. The van der Waals surface area contributed by atoms with Gasteiger partial charge in [0.15, 0.2) is 0 Å². The average Bonchev–Trinajstić information content (AvgIpc) is 3.30. The molecule has 0 spiro atoms. The van der Waals surface area contributed by atoms with E-state index in [2.05, 4.69) is 4.72 Å². The monoisotopic (exact) mass is 299 g/mol. The van der Waals surface area contributed by atoms with Gasteiger partial charge < -0.3 is 9.52 Å². The number of aromatic carboxylic acids is 1. The minimum absolute atomic E-state index is 0.333. The second-order valence-electron chi connectivity index (χ2n) is 5.61. The van der Waals surface area contributed by atoms with Gasteiger partial charge in [-0.15, -0.1) is 0 Å². The minimum Gasteiger partial charge on any atom is -0.475 e. The topological polar surface area (TPSA) is 96.6 Å². The molecule has 3 rings (SSSR count). The summed E-state index contributed by atoms with van der Waals surface area (Å²) in [6.45, 7) is 0.417. The summed E-state index contributed by atoms with van der Waals surface area (Å²) in [6.07, 6.45) is 4.75. The predicted molar refractivity (Wildman–Crippen MR) is 69.8 cm³/mol. The fourth-order valence-electron chi connectivity index (χ4n) is 2.62. The largest absolute Gasteiger partial charge is 0.475 e. The van der Waals surface area contributed by atoms with E-state index in [1.54, 1.807) is 0 Å². The van der Waals surface area contributed by atoms with Crippen molar-refractivity contribution >= 4 is 16.0 Å². The van der Waals surface area contributed by atoms with Crippen LogP contribution in [-0.4, -0.2) is 26.0 Å². The number of nitrogens with one attached hydrogen (secondary N) is 1. The number of furan rings is 1. The molecule has 110 valence electrons. The molecule has 1 heterocycles. The molecular weight excluding hydrogens is 282 g/mol. The molecule has 6 nitrogen and oxygen atoms in total. The SMILES string of the molecule is O=C(O)c1ccc(S(=O)(=O)NCC(C2CC2)C2CC2)o1. The minimum atomic E-state index is -3.76. The highest BCUT2D eigenvalue weighted by Gasteiger charge is 2.41. The number of hydrogen-bond donors (Lipinski definition) is 2. The van der Waals surface area contributed by atoms with Gasteiger partial charge in [0.2, 0.25) is 10.9 Å². The molecule has 0 amide bonds. The van der Waals surface area contributed by atoms with Crippen molar-refractivity contribution in [2.45, 2.75) is 30.8 Å². The van der Waals surface area contributed by atoms with Gasteiger partial charge >= 0.3 is 5.97 Å². The average molecular weight is 299 g/mol. The Morgan fingerprint density at radius 1 is 1.30 bits per heavy atom. The Morgan fingerprint density at radius 3 is 2.35 bits per heavy atom. The Kier molecular flexibility index (Phi) is 3.33. The Bertz CT molecular complexity index is 600. The van der Waals surface area contributed by atoms with Gasteiger partial charge in [-0.25, -0.2) is 17.9 Å². The summed E-state index contributed by atoms with van der Waals surface area (Å²) in [5.74, 6) is 0.0676. The lowest BCUT2D eigenvalue weighted by molar-refractivity contribution is 0.0656. The third kappa shape index (κ3) is 2.88. The van der Waals surface area contributed by atoms with Crippen molar-refractivity contribution in [3.05, 3.63) is 17.9 Å². The summed E-state index contributed by atoms with van der Waals surface area (Å²) < 4.78 is 31.5. The fraction of sp³-hybridized carbons (Fsp3) is 0.615. The van der Waals surface area contributed by atoms with Crippen LogP contribution >= 0.6 is 0 Å². The molecule has 0 saturated heterocycles. The van der Waals surface area contributed by atoms with E-state index >= 15 is 0 Å². The van der Waals surface area contributed by atoms with Crippen molar-refractivity contribution in [2.75, 3.05) is 6.54 Å². The molecule has 0 bridgehead atoms. The molecule has 7 heteroatoms. The lowest BCUT2D eigenvalue weighted by atomic mass is 9.99. The van der Waals surface area contributed by atoms with E-state index < -0.39 is 16.0 Å². The Hall–Kier alpha value is -1.34. The van der Waals surface area contributed by atoms with E-state index in [1.165, 1.54) is 31.7 Å². The van der Waals surface area contributed by atoms with Crippen molar-refractivity contribution in [2.24, 2.45) is 17.8 Å². The Morgan fingerprint density at radius 2 is 1.90 bits per heavy atom. The molecule has 20 heavy (non-hydrogen) atoms. The van der Waals surface area contributed by atoms with Crippen LogP contribution in [0.15, 0.2) is 21.6 Å². The highest BCUT2D eigenvalue weighted by molar-refractivity contribution is 7.89. The number of carboxylic acids is 1. The Labute approximate surface area is 117 Å². The number of sulfonamides is 1. The smallest absolute Gasteiger partial charge is 0.371 e. The number of hydrogen-bond acceptors (Lipinski definition) is 4. The molecule has 1 aromatic heterocycles. The third-order valence-corrected chi connectivity index (χ3v) is 5.32. The predicted octanol–water partition coefficient (Wildman–Crippen LogP) is 1.69. The summed E-state index contributed by atoms with van der Waals surface area (Å²) in [5.41, 5.74) is 0. The van der Waals surface area contributed by atoms with Crippen LogP contribution in [0.4, 0.5) is 0 Å². The van der Waals surface area contributed by atoms with Crippen LogP contribution in [0.2, 0.25) is 0 Å². The van der Waals surface area contributed by atoms with Gasteiger partial charge in [-0.05, 0) is 55.6 Å². The molecule has 2 N–H and O–H groups in total. The van der Waals surface area contributed by atoms with E-state index in [0.29, 0.717) is 24.3 Å². The highest BCUT2D eigenvalue weighted by Crippen LogP contribution is 2.48. The van der Waals surface area contributed by atoms with Crippen molar-refractivity contribution in [1.82, 2.24) is 4.72 Å². The zero-order chi connectivity index (χ0) is 14.3. The van der Waals surface area contributed by atoms with Gasteiger partial charge in [-0.3, -0.25) is 0 Å². The maximum absolute atomic E-state index is 12.1. The summed E-state index contributed by atoms with van der Waals surface area (Å²) in [7, 11) is -3.76. The van der Waals surface area contributed by atoms with E-state index in [0.717, 1.165) is 6.07 Å². The van der Waals surface area contributed by atoms with Crippen molar-refractivity contribution < 1.29 is 22.7 Å². The molecule has 1 aromatic rings. The lowest BCUT2D eigenvalue weighted by Crippen LogP contribution is -2.31. The lowest BCUT2D eigenvalue weighted by Gasteiger charge is -2.15. The molecule has 2 aliphatic carbocycles. The van der Waals surface area contributed by atoms with Crippen molar-refractivity contribution in [1.29, 1.82) is 0 Å². The second kappa shape index (κ2) is 4.89. The van der Waals surface area contributed by atoms with E-state index in [4.69, 9.17) is 9.52 Å². The second-order valence-corrected chi connectivity index (χ2v) is 7.31. The van der Waals surface area contributed by atoms with Crippen LogP contribution in [0.5, 0.6) is 0 Å². The molecule has 0 atom stereocenters. The summed E-state index contributed by atoms with van der Waals surface area (Å²) in [5, 5.41) is 8.40. The summed E-state index contributed by atoms with van der Waals surface area (Å²) in [6, 6.07) is 2.32. The first-order valence-corrected chi connectivity index (χ1v) is 8.28. The van der Waals surface area contributed by atoms with Crippen LogP contribution in [0.1, 0.15) is 36.2 Å². The maximum atomic E-state index is 12.1. The molecule has 0 radical (unpaired) electrons. The molecule has 2 fully saturated rings. The van der Waals surface area contributed by atoms with Gasteiger partial charge in [0.05, 0.1) is 0 Å². The quantitative estimate of drug-likeness (QED) is 0.798. The molecule has 2 saturated carbocycles. The molecule has 0 aromatic carbocycles. The maximum Gasteiger partial charge on any atom is 0.371 e. The number of rotatable bonds is 7. The van der Waals surface area contributed by atoms with Gasteiger partial charge in [-0.2, -0.15) is 0 Å². The van der Waals surface area contributed by atoms with Crippen LogP contribution in [-0.2, 0) is 10.0 Å². The normalized spacial score (nSPS) is 19.4. The van der Waals surface area contributed by atoms with Crippen LogP contribution < -0.4 is 4.72 Å². The zero-order valence-electron chi connectivity index (χ0n) is 10.9. The first kappa shape index (κ1) is 13.6. The van der Waals surface area contributed by atoms with Crippen LogP contribution in [0.25, 0.3) is 0 Å². The van der Waals surface area contributed by atoms with Crippen molar-refractivity contribution in [3.8, 4) is 0 Å². The van der Waals surface area contributed by atoms with Crippen molar-refractivity contribution in [3.63, 3.8) is 0 Å². The van der Waals surface area contributed by atoms with E-state index in [1.807, 2.05) is 0 Å². The summed E-state index contributed by atoms with van der Waals surface area (Å²) >= 11 is 0. The van der Waals surface area contributed by atoms with Gasteiger partial charge in [0.25, 0.3) is 10.0 Å². The van der Waals surface area contributed by atoms with Gasteiger partial charge in [-0.1, -0.05) is 0 Å². The molecule has 2 aliphatic rings. The standard InChI is InChI=1S/C13H17NO5S/c15-13(16)11-5-6-12(19-11)20(17,18)14-7-10(8-1-2-8)9-3-4-9/h5-6,8-10,14H,1-4,7H2,(H,15,16). The first-order chi connectivity index (χ1) is 9.47. The van der Waals surface area contributed by atoms with Crippen LogP contribution in [0.3, 0.4) is 0 Å². The fourth-order valence-corrected chi connectivity index (χ4v) is 3.62. The highest BCUT2D eigenvalue weighted by atomic mass is 32.2.